The van der Waals surface area contributed by atoms with Crippen LogP contribution in [0.15, 0.2) is 54.6 Å². The molecule has 1 aliphatic heterocycles. The molecule has 7 heteroatoms. The highest BCUT2D eigenvalue weighted by Crippen LogP contribution is 2.48. The average molecular weight is 432 g/mol. The Bertz CT molecular complexity index is 911. The molecule has 31 heavy (non-hydrogen) atoms. The molecule has 0 bridgehead atoms. The normalized spacial score (nSPS) is 22.7. The third-order valence-electron chi connectivity index (χ3n) is 6.55. The van der Waals surface area contributed by atoms with Crippen LogP contribution in [0.25, 0.3) is 0 Å². The summed E-state index contributed by atoms with van der Waals surface area (Å²) < 4.78 is 40.6. The summed E-state index contributed by atoms with van der Waals surface area (Å²) in [4.78, 5) is 13.6. The fourth-order valence-corrected chi connectivity index (χ4v) is 4.90. The number of benzene rings is 2. The summed E-state index contributed by atoms with van der Waals surface area (Å²) in [7, 11) is 0. The predicted molar refractivity (Wildman–Crippen MR) is 112 cm³/mol. The second-order valence-electron chi connectivity index (χ2n) is 8.85. The topological polar surface area (TPSA) is 52.6 Å². The number of carbonyl (C=O) groups excluding carboxylic acids is 1. The van der Waals surface area contributed by atoms with Gasteiger partial charge in [0.15, 0.2) is 0 Å². The Morgan fingerprint density at radius 2 is 1.81 bits per heavy atom. The van der Waals surface area contributed by atoms with Crippen LogP contribution in [-0.2, 0) is 11.2 Å². The maximum absolute atomic E-state index is 13.5. The number of phenols is 1. The molecule has 4 rings (SSSR count). The highest BCUT2D eigenvalue weighted by molar-refractivity contribution is 5.82. The monoisotopic (exact) mass is 432 g/mol. The van der Waals surface area contributed by atoms with Crippen molar-refractivity contribution in [3.8, 4) is 5.75 Å². The van der Waals surface area contributed by atoms with Crippen molar-refractivity contribution in [3.63, 3.8) is 0 Å². The zero-order chi connectivity index (χ0) is 22.1. The first kappa shape index (κ1) is 21.7. The molecule has 1 unspecified atom stereocenters. The number of hydrogen-bond donors (Lipinski definition) is 2. The van der Waals surface area contributed by atoms with E-state index in [-0.39, 0.29) is 18.2 Å². The van der Waals surface area contributed by atoms with Gasteiger partial charge in [-0.2, -0.15) is 13.2 Å². The van der Waals surface area contributed by atoms with Gasteiger partial charge in [-0.15, -0.1) is 0 Å². The zero-order valence-corrected chi connectivity index (χ0v) is 17.2. The molecule has 166 valence electrons. The molecule has 2 aromatic rings. The van der Waals surface area contributed by atoms with Crippen molar-refractivity contribution in [2.75, 3.05) is 19.6 Å². The van der Waals surface area contributed by atoms with Crippen molar-refractivity contribution >= 4 is 5.91 Å². The minimum Gasteiger partial charge on any atom is -0.508 e. The number of aromatic hydroxyl groups is 1. The molecule has 1 amide bonds. The molecule has 0 spiro atoms. The number of rotatable bonds is 6. The van der Waals surface area contributed by atoms with Crippen LogP contribution in [0.5, 0.6) is 5.75 Å². The van der Waals surface area contributed by atoms with Gasteiger partial charge < -0.3 is 15.3 Å². The van der Waals surface area contributed by atoms with E-state index in [4.69, 9.17) is 0 Å². The summed E-state index contributed by atoms with van der Waals surface area (Å²) in [6.07, 6.45) is -2.48. The molecule has 1 heterocycles. The number of halogens is 3. The third-order valence-corrected chi connectivity index (χ3v) is 6.55. The van der Waals surface area contributed by atoms with E-state index in [0.717, 1.165) is 16.0 Å². The van der Waals surface area contributed by atoms with Crippen LogP contribution >= 0.6 is 0 Å². The standard InChI is InChI=1S/C24H27F3N2O2/c25-24(26,27)22(31)29(21-14-20(21)18-6-2-1-3-7-18)16-23(9-11-28-12-10-23)15-17-5-4-8-19(30)13-17/h1-8,13,20-21,28,30H,9-12,14-16H2/t20?,21-/m1/s1. The zero-order valence-electron chi connectivity index (χ0n) is 17.2. The van der Waals surface area contributed by atoms with E-state index < -0.39 is 23.5 Å². The van der Waals surface area contributed by atoms with E-state index in [1.54, 1.807) is 18.2 Å². The lowest BCUT2D eigenvalue weighted by molar-refractivity contribution is -0.188. The first-order chi connectivity index (χ1) is 14.8. The smallest absolute Gasteiger partial charge is 0.471 e. The summed E-state index contributed by atoms with van der Waals surface area (Å²) in [5.74, 6) is -1.67. The van der Waals surface area contributed by atoms with Gasteiger partial charge in [0.25, 0.3) is 0 Å². The number of piperidine rings is 1. The van der Waals surface area contributed by atoms with Crippen LogP contribution in [0.4, 0.5) is 13.2 Å². The van der Waals surface area contributed by atoms with E-state index in [1.807, 2.05) is 36.4 Å². The Labute approximate surface area is 180 Å². The maximum atomic E-state index is 13.5. The Kier molecular flexibility index (Phi) is 5.97. The highest BCUT2D eigenvalue weighted by Gasteiger charge is 2.53. The number of hydrogen-bond acceptors (Lipinski definition) is 3. The third kappa shape index (κ3) is 5.03. The summed E-state index contributed by atoms with van der Waals surface area (Å²) in [6, 6.07) is 15.9. The molecule has 1 aliphatic carbocycles. The van der Waals surface area contributed by atoms with Gasteiger partial charge in [0, 0.05) is 18.5 Å². The molecular weight excluding hydrogens is 405 g/mol. The quantitative estimate of drug-likeness (QED) is 0.718. The van der Waals surface area contributed by atoms with Gasteiger partial charge in [-0.05, 0) is 67.4 Å². The molecule has 1 saturated carbocycles. The summed E-state index contributed by atoms with van der Waals surface area (Å²) in [5, 5.41) is 13.1. The molecule has 2 atom stereocenters. The summed E-state index contributed by atoms with van der Waals surface area (Å²) in [6.45, 7) is 1.45. The van der Waals surface area contributed by atoms with Gasteiger partial charge in [0.1, 0.15) is 5.75 Å². The molecule has 4 nitrogen and oxygen atoms in total. The summed E-state index contributed by atoms with van der Waals surface area (Å²) >= 11 is 0. The van der Waals surface area contributed by atoms with E-state index in [1.165, 1.54) is 0 Å². The molecule has 0 aromatic heterocycles. The minimum absolute atomic E-state index is 0.0629. The number of alkyl halides is 3. The Balaban J connectivity index is 1.61. The van der Waals surface area contributed by atoms with Crippen LogP contribution in [-0.4, -0.2) is 47.8 Å². The van der Waals surface area contributed by atoms with E-state index in [2.05, 4.69) is 5.32 Å². The first-order valence-electron chi connectivity index (χ1n) is 10.7. The van der Waals surface area contributed by atoms with Crippen molar-refractivity contribution in [1.82, 2.24) is 10.2 Å². The Hall–Kier alpha value is -2.54. The maximum Gasteiger partial charge on any atom is 0.471 e. The van der Waals surface area contributed by atoms with E-state index in [0.29, 0.717) is 38.8 Å². The number of nitrogens with one attached hydrogen (secondary N) is 1. The van der Waals surface area contributed by atoms with Gasteiger partial charge in [-0.1, -0.05) is 42.5 Å². The van der Waals surface area contributed by atoms with Crippen molar-refractivity contribution in [1.29, 1.82) is 0 Å². The van der Waals surface area contributed by atoms with Crippen LogP contribution in [0.3, 0.4) is 0 Å². The molecule has 1 saturated heterocycles. The van der Waals surface area contributed by atoms with Crippen LogP contribution in [0.2, 0.25) is 0 Å². The molecule has 0 radical (unpaired) electrons. The summed E-state index contributed by atoms with van der Waals surface area (Å²) in [5.41, 5.74) is 1.38. The largest absolute Gasteiger partial charge is 0.508 e. The van der Waals surface area contributed by atoms with E-state index >= 15 is 0 Å². The van der Waals surface area contributed by atoms with Crippen molar-refractivity contribution in [2.24, 2.45) is 5.41 Å². The van der Waals surface area contributed by atoms with Gasteiger partial charge in [-0.25, -0.2) is 0 Å². The van der Waals surface area contributed by atoms with Crippen molar-refractivity contribution in [3.05, 3.63) is 65.7 Å². The SMILES string of the molecule is O=C(N(CC1(Cc2cccc(O)c2)CCNCC1)[C@@H]1CC1c1ccccc1)C(F)(F)F. The van der Waals surface area contributed by atoms with Crippen molar-refractivity contribution < 1.29 is 23.1 Å². The van der Waals surface area contributed by atoms with Gasteiger partial charge in [-0.3, -0.25) is 4.79 Å². The Morgan fingerprint density at radius 3 is 2.45 bits per heavy atom. The van der Waals surface area contributed by atoms with E-state index in [9.17, 15) is 23.1 Å². The fraction of sp³-hybridized carbons (Fsp3) is 0.458. The lowest BCUT2D eigenvalue weighted by Crippen LogP contribution is -2.51. The van der Waals surface area contributed by atoms with Crippen LogP contribution in [0.1, 0.15) is 36.3 Å². The first-order valence-corrected chi connectivity index (χ1v) is 10.7. The van der Waals surface area contributed by atoms with Crippen LogP contribution in [0, 0.1) is 5.41 Å². The van der Waals surface area contributed by atoms with Crippen molar-refractivity contribution in [2.45, 2.75) is 43.8 Å². The second-order valence-corrected chi connectivity index (χ2v) is 8.85. The minimum atomic E-state index is -4.90. The fourth-order valence-electron chi connectivity index (χ4n) is 4.90. The molecule has 2 aliphatic rings. The highest BCUT2D eigenvalue weighted by atomic mass is 19.4. The van der Waals surface area contributed by atoms with Crippen LogP contribution < -0.4 is 5.32 Å². The van der Waals surface area contributed by atoms with Gasteiger partial charge in [0.05, 0.1) is 0 Å². The number of phenolic OH excluding ortho intramolecular Hbond substituents is 1. The number of amides is 1. The lowest BCUT2D eigenvalue weighted by atomic mass is 9.73. The lowest BCUT2D eigenvalue weighted by Gasteiger charge is -2.42. The Morgan fingerprint density at radius 1 is 1.10 bits per heavy atom. The number of carbonyl (C=O) groups is 1. The predicted octanol–water partition coefficient (Wildman–Crippen LogP) is 4.25. The number of nitrogens with zero attached hydrogens (tertiary/aromatic N) is 1. The molecule has 2 N–H and O–H groups in total. The second kappa shape index (κ2) is 8.54. The molecule has 2 fully saturated rings. The molecule has 2 aromatic carbocycles. The van der Waals surface area contributed by atoms with Gasteiger partial charge >= 0.3 is 12.1 Å². The van der Waals surface area contributed by atoms with Gasteiger partial charge in [0.2, 0.25) is 0 Å². The molecular formula is C24H27F3N2O2. The average Bonchev–Trinajstić information content (AvgIpc) is 3.53.